The summed E-state index contributed by atoms with van der Waals surface area (Å²) in [5, 5.41) is 8.04. The van der Waals surface area contributed by atoms with Crippen LogP contribution in [-0.4, -0.2) is 17.3 Å². The van der Waals surface area contributed by atoms with Gasteiger partial charge in [0.2, 0.25) is 5.88 Å². The minimum atomic E-state index is -0.471. The second kappa shape index (κ2) is 5.53. The minimum Gasteiger partial charge on any atom is -0.367 e. The molecular formula is C12H11ClN4O2. The molecule has 1 aromatic heterocycles. The van der Waals surface area contributed by atoms with Crippen molar-refractivity contribution in [2.75, 3.05) is 5.73 Å². The smallest absolute Gasteiger partial charge is 0.278 e. The number of hydrogen-bond donors (Lipinski definition) is 2. The van der Waals surface area contributed by atoms with Gasteiger partial charge in [0.15, 0.2) is 0 Å². The lowest BCUT2D eigenvalue weighted by Gasteiger charge is -1.98. The number of carbonyl (C=O) groups excluding carboxylic acids is 1. The van der Waals surface area contributed by atoms with Crippen molar-refractivity contribution in [1.82, 2.24) is 10.6 Å². The number of aryl methyl sites for hydroxylation is 1. The number of hydrogen-bond acceptors (Lipinski definition) is 5. The predicted octanol–water partition coefficient (Wildman–Crippen LogP) is 1.98. The van der Waals surface area contributed by atoms with Crippen LogP contribution in [0.1, 0.15) is 21.6 Å². The third-order valence-electron chi connectivity index (χ3n) is 2.37. The van der Waals surface area contributed by atoms with Crippen molar-refractivity contribution in [3.63, 3.8) is 0 Å². The maximum Gasteiger partial charge on any atom is 0.278 e. The molecule has 0 aliphatic rings. The number of aromatic nitrogens is 1. The van der Waals surface area contributed by atoms with Crippen LogP contribution in [0.2, 0.25) is 5.02 Å². The minimum absolute atomic E-state index is 0.0308. The average Bonchev–Trinajstić information content (AvgIpc) is 2.71. The molecule has 98 valence electrons. The number of benzene rings is 1. The van der Waals surface area contributed by atoms with Gasteiger partial charge in [-0.3, -0.25) is 4.79 Å². The number of carbonyl (C=O) groups is 1. The summed E-state index contributed by atoms with van der Waals surface area (Å²) in [6.45, 7) is 1.62. The molecule has 0 aliphatic heterocycles. The van der Waals surface area contributed by atoms with Crippen LogP contribution in [0.15, 0.2) is 33.9 Å². The molecule has 0 saturated heterocycles. The van der Waals surface area contributed by atoms with Crippen molar-refractivity contribution >= 4 is 29.6 Å². The molecule has 0 saturated carbocycles. The second-order valence-corrected chi connectivity index (χ2v) is 4.19. The Morgan fingerprint density at radius 3 is 2.74 bits per heavy atom. The normalized spacial score (nSPS) is 10.8. The topological polar surface area (TPSA) is 93.5 Å². The molecule has 1 heterocycles. The van der Waals surface area contributed by atoms with E-state index in [0.29, 0.717) is 10.7 Å². The lowest BCUT2D eigenvalue weighted by molar-refractivity contribution is 0.0955. The highest BCUT2D eigenvalue weighted by Gasteiger charge is 2.17. The first-order valence-electron chi connectivity index (χ1n) is 5.38. The molecule has 0 aliphatic carbocycles. The van der Waals surface area contributed by atoms with Crippen molar-refractivity contribution in [3.05, 3.63) is 46.1 Å². The molecule has 0 radical (unpaired) electrons. The van der Waals surface area contributed by atoms with Gasteiger partial charge in [-0.05, 0) is 24.6 Å². The number of anilines is 1. The molecule has 0 atom stereocenters. The van der Waals surface area contributed by atoms with Gasteiger partial charge >= 0.3 is 0 Å². The van der Waals surface area contributed by atoms with Crippen LogP contribution in [0.3, 0.4) is 0 Å². The van der Waals surface area contributed by atoms with Crippen molar-refractivity contribution < 1.29 is 9.32 Å². The van der Waals surface area contributed by atoms with Crippen molar-refractivity contribution in [3.8, 4) is 0 Å². The van der Waals surface area contributed by atoms with Crippen LogP contribution in [-0.2, 0) is 0 Å². The van der Waals surface area contributed by atoms with Gasteiger partial charge in [-0.15, -0.1) is 0 Å². The molecule has 2 aromatic rings. The largest absolute Gasteiger partial charge is 0.367 e. The number of halogens is 1. The summed E-state index contributed by atoms with van der Waals surface area (Å²) in [7, 11) is 0. The zero-order chi connectivity index (χ0) is 13.8. The van der Waals surface area contributed by atoms with Crippen LogP contribution in [0.4, 0.5) is 5.88 Å². The van der Waals surface area contributed by atoms with Gasteiger partial charge in [0.1, 0.15) is 5.56 Å². The summed E-state index contributed by atoms with van der Waals surface area (Å²) < 4.78 is 4.69. The van der Waals surface area contributed by atoms with Crippen LogP contribution in [0.5, 0.6) is 0 Å². The SMILES string of the molecule is Cc1noc(N)c1C(=O)N/N=C/c1ccc(Cl)cc1. The highest BCUT2D eigenvalue weighted by molar-refractivity contribution is 6.30. The van der Waals surface area contributed by atoms with Crippen LogP contribution < -0.4 is 11.2 Å². The molecule has 0 fully saturated rings. The zero-order valence-corrected chi connectivity index (χ0v) is 10.8. The number of amides is 1. The maximum atomic E-state index is 11.8. The molecule has 7 heteroatoms. The van der Waals surface area contributed by atoms with Crippen LogP contribution in [0.25, 0.3) is 0 Å². The lowest BCUT2D eigenvalue weighted by Crippen LogP contribution is -2.19. The summed E-state index contributed by atoms with van der Waals surface area (Å²) in [6, 6.07) is 7.01. The molecule has 1 amide bonds. The second-order valence-electron chi connectivity index (χ2n) is 3.76. The molecule has 2 rings (SSSR count). The fourth-order valence-corrected chi connectivity index (χ4v) is 1.56. The third-order valence-corrected chi connectivity index (χ3v) is 2.62. The summed E-state index contributed by atoms with van der Waals surface area (Å²) >= 11 is 5.75. The Morgan fingerprint density at radius 1 is 1.47 bits per heavy atom. The summed E-state index contributed by atoms with van der Waals surface area (Å²) in [4.78, 5) is 11.8. The Kier molecular flexibility index (Phi) is 3.82. The van der Waals surface area contributed by atoms with Gasteiger partial charge in [0.25, 0.3) is 5.91 Å². The fraction of sp³-hybridized carbons (Fsp3) is 0.0833. The zero-order valence-electron chi connectivity index (χ0n) is 10.1. The summed E-state index contributed by atoms with van der Waals surface area (Å²) in [6.07, 6.45) is 1.49. The molecule has 19 heavy (non-hydrogen) atoms. The van der Waals surface area contributed by atoms with Crippen molar-refractivity contribution in [1.29, 1.82) is 0 Å². The monoisotopic (exact) mass is 278 g/mol. The highest BCUT2D eigenvalue weighted by atomic mass is 35.5. The van der Waals surface area contributed by atoms with E-state index in [-0.39, 0.29) is 11.4 Å². The van der Waals surface area contributed by atoms with Crippen molar-refractivity contribution in [2.45, 2.75) is 6.92 Å². The Bertz CT molecular complexity index is 600. The first-order chi connectivity index (χ1) is 9.08. The molecule has 1 aromatic carbocycles. The molecular weight excluding hydrogens is 268 g/mol. The Morgan fingerprint density at radius 2 is 2.16 bits per heavy atom. The van der Waals surface area contributed by atoms with E-state index >= 15 is 0 Å². The highest BCUT2D eigenvalue weighted by Crippen LogP contribution is 2.14. The van der Waals surface area contributed by atoms with E-state index in [1.807, 2.05) is 0 Å². The first-order valence-corrected chi connectivity index (χ1v) is 5.76. The number of nitrogen functional groups attached to an aromatic ring is 1. The first kappa shape index (κ1) is 13.1. The number of nitrogens with two attached hydrogens (primary N) is 1. The number of nitrogens with one attached hydrogen (secondary N) is 1. The Balaban J connectivity index is 2.03. The molecule has 3 N–H and O–H groups in total. The Hall–Kier alpha value is -2.34. The predicted molar refractivity (Wildman–Crippen MR) is 72.2 cm³/mol. The summed E-state index contributed by atoms with van der Waals surface area (Å²) in [5.41, 5.74) is 9.24. The quantitative estimate of drug-likeness (QED) is 0.663. The van der Waals surface area contributed by atoms with E-state index in [4.69, 9.17) is 21.9 Å². The third kappa shape index (κ3) is 3.11. The van der Waals surface area contributed by atoms with Gasteiger partial charge in [-0.1, -0.05) is 28.9 Å². The van der Waals surface area contributed by atoms with Crippen LogP contribution in [0, 0.1) is 6.92 Å². The average molecular weight is 279 g/mol. The Labute approximate surface area is 114 Å². The molecule has 6 nitrogen and oxygen atoms in total. The van der Waals surface area contributed by atoms with Gasteiger partial charge in [-0.25, -0.2) is 5.43 Å². The molecule has 0 bridgehead atoms. The van der Waals surface area contributed by atoms with E-state index < -0.39 is 5.91 Å². The van der Waals surface area contributed by atoms with Crippen LogP contribution >= 0.6 is 11.6 Å². The number of rotatable bonds is 3. The summed E-state index contributed by atoms with van der Waals surface area (Å²) in [5.74, 6) is -0.502. The van der Waals surface area contributed by atoms with E-state index in [1.165, 1.54) is 6.21 Å². The van der Waals surface area contributed by atoms with Gasteiger partial charge in [0, 0.05) is 5.02 Å². The standard InChI is InChI=1S/C12H11ClN4O2/c1-7-10(11(14)19-17-7)12(18)16-15-6-8-2-4-9(13)5-3-8/h2-6H,14H2,1H3,(H,16,18)/b15-6+. The van der Waals surface area contributed by atoms with E-state index in [2.05, 4.69) is 15.7 Å². The van der Waals surface area contributed by atoms with Gasteiger partial charge in [-0.2, -0.15) is 5.10 Å². The fourth-order valence-electron chi connectivity index (χ4n) is 1.43. The van der Waals surface area contributed by atoms with E-state index in [0.717, 1.165) is 5.56 Å². The maximum absolute atomic E-state index is 11.8. The number of hydrazone groups is 1. The van der Waals surface area contributed by atoms with E-state index in [9.17, 15) is 4.79 Å². The number of nitrogens with zero attached hydrogens (tertiary/aromatic N) is 2. The van der Waals surface area contributed by atoms with Gasteiger partial charge in [0.05, 0.1) is 11.9 Å². The van der Waals surface area contributed by atoms with Gasteiger partial charge < -0.3 is 10.3 Å². The molecule has 0 spiro atoms. The molecule has 0 unspecified atom stereocenters. The van der Waals surface area contributed by atoms with E-state index in [1.54, 1.807) is 31.2 Å². The van der Waals surface area contributed by atoms with Crippen molar-refractivity contribution in [2.24, 2.45) is 5.10 Å². The lowest BCUT2D eigenvalue weighted by atomic mass is 10.2.